The summed E-state index contributed by atoms with van der Waals surface area (Å²) in [5, 5.41) is 3.94. The van der Waals surface area contributed by atoms with Gasteiger partial charge in [-0.2, -0.15) is 13.2 Å². The Kier molecular flexibility index (Phi) is 8.45. The summed E-state index contributed by atoms with van der Waals surface area (Å²) in [6, 6.07) is 19.1. The number of rotatable bonds is 7. The summed E-state index contributed by atoms with van der Waals surface area (Å²) in [5.41, 5.74) is 1.90. The van der Waals surface area contributed by atoms with Gasteiger partial charge in [0.1, 0.15) is 13.2 Å². The molecule has 8 nitrogen and oxygen atoms in total. The summed E-state index contributed by atoms with van der Waals surface area (Å²) >= 11 is 0. The van der Waals surface area contributed by atoms with Crippen molar-refractivity contribution in [2.45, 2.75) is 50.0 Å². The number of likely N-dealkylation sites (tertiary alicyclic amines) is 1. The molecule has 49 heavy (non-hydrogen) atoms. The number of pyridine rings is 1. The SMILES string of the molecule is O=C(NC1(c2ccccc2)CC1)c1c(CN2CCC(N3CCOCC3)CC2)c(-c2cccc(C(F)(F)F)c2)nc2cc3c(cc12)OCCO3. The number of nitrogens with zero attached hydrogens (tertiary/aromatic N) is 3. The van der Waals surface area contributed by atoms with Crippen molar-refractivity contribution in [2.75, 3.05) is 52.6 Å². The molecule has 3 aromatic carbocycles. The molecule has 1 amide bonds. The Hall–Kier alpha value is -4.19. The normalized spacial score (nSPS) is 19.9. The summed E-state index contributed by atoms with van der Waals surface area (Å²) in [7, 11) is 0. The Balaban J connectivity index is 1.25. The first kappa shape index (κ1) is 32.0. The fourth-order valence-electron chi connectivity index (χ4n) is 7.59. The van der Waals surface area contributed by atoms with Gasteiger partial charge in [0.15, 0.2) is 11.5 Å². The van der Waals surface area contributed by atoms with E-state index in [0.29, 0.717) is 70.6 Å². The van der Waals surface area contributed by atoms with Crippen LogP contribution in [0.25, 0.3) is 22.2 Å². The second-order valence-electron chi connectivity index (χ2n) is 13.5. The molecule has 0 spiro atoms. The minimum atomic E-state index is -4.53. The van der Waals surface area contributed by atoms with Gasteiger partial charge in [0, 0.05) is 48.3 Å². The molecule has 1 N–H and O–H groups in total. The van der Waals surface area contributed by atoms with Gasteiger partial charge in [-0.3, -0.25) is 14.6 Å². The molecule has 3 fully saturated rings. The molecule has 11 heteroatoms. The zero-order chi connectivity index (χ0) is 33.6. The van der Waals surface area contributed by atoms with Gasteiger partial charge in [0.25, 0.3) is 5.91 Å². The monoisotopic (exact) mass is 672 g/mol. The number of halogens is 3. The van der Waals surface area contributed by atoms with Crippen LogP contribution < -0.4 is 14.8 Å². The highest BCUT2D eigenvalue weighted by Crippen LogP contribution is 2.47. The summed E-state index contributed by atoms with van der Waals surface area (Å²) in [6.07, 6.45) is -1.03. The summed E-state index contributed by atoms with van der Waals surface area (Å²) in [6.45, 7) is 6.00. The number of hydrogen-bond acceptors (Lipinski definition) is 7. The standard InChI is InChI=1S/C38H39F3N4O4/c39-38(40,41)27-8-4-5-25(21-27)35-30(24-44-13-9-28(10-14-44)45-15-17-47-18-16-45)34(29-22-32-33(23-31(29)42-35)49-20-19-48-32)36(46)43-37(11-12-37)26-6-2-1-3-7-26/h1-8,21-23,28H,9-20,24H2,(H,43,46). The molecular formula is C38H39F3N4O4. The van der Waals surface area contributed by atoms with Crippen molar-refractivity contribution < 1.29 is 32.2 Å². The molecule has 0 bridgehead atoms. The van der Waals surface area contributed by atoms with E-state index < -0.39 is 17.3 Å². The van der Waals surface area contributed by atoms with Crippen LogP contribution in [-0.2, 0) is 23.0 Å². The maximum absolute atomic E-state index is 14.8. The van der Waals surface area contributed by atoms with Crippen molar-refractivity contribution in [3.63, 3.8) is 0 Å². The lowest BCUT2D eigenvalue weighted by atomic mass is 9.93. The zero-order valence-electron chi connectivity index (χ0n) is 27.2. The highest BCUT2D eigenvalue weighted by Gasteiger charge is 2.46. The fraction of sp³-hybridized carbons (Fsp3) is 0.421. The van der Waals surface area contributed by atoms with E-state index in [-0.39, 0.29) is 5.91 Å². The summed E-state index contributed by atoms with van der Waals surface area (Å²) in [5.74, 6) is 0.730. The van der Waals surface area contributed by atoms with Crippen molar-refractivity contribution >= 4 is 16.8 Å². The van der Waals surface area contributed by atoms with Crippen molar-refractivity contribution in [3.05, 3.63) is 89.0 Å². The van der Waals surface area contributed by atoms with E-state index in [1.165, 1.54) is 6.07 Å². The minimum absolute atomic E-state index is 0.281. The van der Waals surface area contributed by atoms with Crippen molar-refractivity contribution in [1.29, 1.82) is 0 Å². The van der Waals surface area contributed by atoms with Crippen molar-refractivity contribution in [2.24, 2.45) is 0 Å². The van der Waals surface area contributed by atoms with Gasteiger partial charge in [-0.25, -0.2) is 4.98 Å². The largest absolute Gasteiger partial charge is 0.486 e. The van der Waals surface area contributed by atoms with Gasteiger partial charge in [0.2, 0.25) is 0 Å². The van der Waals surface area contributed by atoms with E-state index in [1.54, 1.807) is 18.2 Å². The van der Waals surface area contributed by atoms with E-state index >= 15 is 0 Å². The lowest BCUT2D eigenvalue weighted by Crippen LogP contribution is -2.48. The molecule has 4 heterocycles. The van der Waals surface area contributed by atoms with Crippen LogP contribution in [0.3, 0.4) is 0 Å². The number of fused-ring (bicyclic) bond motifs is 2. The number of carbonyl (C=O) groups excluding carboxylic acids is 1. The van der Waals surface area contributed by atoms with E-state index in [4.69, 9.17) is 19.2 Å². The van der Waals surface area contributed by atoms with Gasteiger partial charge < -0.3 is 19.5 Å². The number of nitrogens with one attached hydrogen (secondary N) is 1. The molecule has 1 saturated carbocycles. The van der Waals surface area contributed by atoms with Gasteiger partial charge in [-0.05, 0) is 62.5 Å². The van der Waals surface area contributed by atoms with Gasteiger partial charge in [-0.15, -0.1) is 0 Å². The molecule has 1 aromatic heterocycles. The van der Waals surface area contributed by atoms with Crippen LogP contribution in [0.15, 0.2) is 66.7 Å². The lowest BCUT2D eigenvalue weighted by molar-refractivity contribution is -0.137. The first-order valence-electron chi connectivity index (χ1n) is 17.1. The van der Waals surface area contributed by atoms with E-state index in [2.05, 4.69) is 15.1 Å². The average molecular weight is 673 g/mol. The lowest BCUT2D eigenvalue weighted by Gasteiger charge is -2.40. The topological polar surface area (TPSA) is 76.2 Å². The highest BCUT2D eigenvalue weighted by atomic mass is 19.4. The van der Waals surface area contributed by atoms with Crippen LogP contribution >= 0.6 is 0 Å². The Bertz CT molecular complexity index is 1850. The van der Waals surface area contributed by atoms with E-state index in [0.717, 1.165) is 82.8 Å². The Labute approximate surface area is 283 Å². The third-order valence-corrected chi connectivity index (χ3v) is 10.4. The number of morpholine rings is 1. The summed E-state index contributed by atoms with van der Waals surface area (Å²) in [4.78, 5) is 24.6. The van der Waals surface area contributed by atoms with Crippen LogP contribution in [0.4, 0.5) is 13.2 Å². The molecule has 2 saturated heterocycles. The molecule has 4 aromatic rings. The quantitative estimate of drug-likeness (QED) is 0.243. The van der Waals surface area contributed by atoms with Gasteiger partial charge in [0.05, 0.1) is 41.1 Å². The number of carbonyl (C=O) groups is 1. The molecule has 0 atom stereocenters. The first-order chi connectivity index (χ1) is 23.8. The second kappa shape index (κ2) is 12.9. The number of hydrogen-bond donors (Lipinski definition) is 1. The number of alkyl halides is 3. The van der Waals surface area contributed by atoms with Gasteiger partial charge >= 0.3 is 6.18 Å². The van der Waals surface area contributed by atoms with Crippen LogP contribution in [0.2, 0.25) is 0 Å². The maximum Gasteiger partial charge on any atom is 0.416 e. The van der Waals surface area contributed by atoms with Crippen molar-refractivity contribution in [3.8, 4) is 22.8 Å². The molecule has 0 unspecified atom stereocenters. The number of ether oxygens (including phenoxy) is 3. The predicted molar refractivity (Wildman–Crippen MR) is 179 cm³/mol. The number of benzene rings is 3. The molecule has 3 aliphatic heterocycles. The van der Waals surface area contributed by atoms with Crippen LogP contribution in [-0.4, -0.2) is 79.3 Å². The molecule has 256 valence electrons. The summed E-state index contributed by atoms with van der Waals surface area (Å²) < 4.78 is 59.4. The maximum atomic E-state index is 14.8. The Morgan fingerprint density at radius 3 is 2.29 bits per heavy atom. The predicted octanol–water partition coefficient (Wildman–Crippen LogP) is 6.41. The average Bonchev–Trinajstić information content (AvgIpc) is 3.91. The second-order valence-corrected chi connectivity index (χ2v) is 13.5. The number of aromatic nitrogens is 1. The Morgan fingerprint density at radius 2 is 1.59 bits per heavy atom. The van der Waals surface area contributed by atoms with Crippen LogP contribution in [0, 0.1) is 0 Å². The third-order valence-electron chi connectivity index (χ3n) is 10.4. The number of amides is 1. The van der Waals surface area contributed by atoms with Crippen LogP contribution in [0.5, 0.6) is 11.5 Å². The molecule has 4 aliphatic rings. The smallest absolute Gasteiger partial charge is 0.416 e. The first-order valence-corrected chi connectivity index (χ1v) is 17.1. The van der Waals surface area contributed by atoms with Gasteiger partial charge in [-0.1, -0.05) is 42.5 Å². The fourth-order valence-corrected chi connectivity index (χ4v) is 7.59. The molecular weight excluding hydrogens is 633 g/mol. The zero-order valence-corrected chi connectivity index (χ0v) is 27.2. The minimum Gasteiger partial charge on any atom is -0.486 e. The Morgan fingerprint density at radius 1 is 0.878 bits per heavy atom. The molecule has 1 aliphatic carbocycles. The van der Waals surface area contributed by atoms with E-state index in [1.807, 2.05) is 30.3 Å². The van der Waals surface area contributed by atoms with Crippen molar-refractivity contribution in [1.82, 2.24) is 20.1 Å². The third kappa shape index (κ3) is 6.47. The van der Waals surface area contributed by atoms with Crippen LogP contribution in [0.1, 0.15) is 52.7 Å². The molecule has 0 radical (unpaired) electrons. The van der Waals surface area contributed by atoms with E-state index in [9.17, 15) is 18.0 Å². The highest BCUT2D eigenvalue weighted by molar-refractivity contribution is 6.10. The number of piperidine rings is 1. The molecule has 8 rings (SSSR count).